The van der Waals surface area contributed by atoms with E-state index >= 15 is 0 Å². The van der Waals surface area contributed by atoms with E-state index in [1.54, 1.807) is 11.0 Å². The summed E-state index contributed by atoms with van der Waals surface area (Å²) in [6.45, 7) is 0. The van der Waals surface area contributed by atoms with Gasteiger partial charge >= 0.3 is 0 Å². The quantitative estimate of drug-likeness (QED) is 0.904. The van der Waals surface area contributed by atoms with Gasteiger partial charge in [-0.1, -0.05) is 30.3 Å². The number of benzene rings is 1. The van der Waals surface area contributed by atoms with Crippen LogP contribution in [0.2, 0.25) is 0 Å². The van der Waals surface area contributed by atoms with E-state index in [-0.39, 0.29) is 23.1 Å². The minimum Gasteiger partial charge on any atom is -0.338 e. The van der Waals surface area contributed by atoms with Crippen LogP contribution in [0.15, 0.2) is 47.3 Å². The number of pyridine rings is 1. The molecule has 25 heavy (non-hydrogen) atoms. The number of carbonyl (C=O) groups is 1. The summed E-state index contributed by atoms with van der Waals surface area (Å²) in [7, 11) is 1.82. The van der Waals surface area contributed by atoms with Crippen molar-refractivity contribution >= 4 is 5.91 Å². The van der Waals surface area contributed by atoms with Crippen LogP contribution in [0.4, 0.5) is 0 Å². The van der Waals surface area contributed by atoms with Gasteiger partial charge in [0.25, 0.3) is 11.5 Å². The number of piperidine rings is 1. The lowest BCUT2D eigenvalue weighted by molar-refractivity contribution is 0.0680. The summed E-state index contributed by atoms with van der Waals surface area (Å²) >= 11 is 0. The van der Waals surface area contributed by atoms with Crippen LogP contribution < -0.4 is 10.9 Å². The van der Waals surface area contributed by atoms with Gasteiger partial charge in [0.15, 0.2) is 0 Å². The zero-order valence-electron chi connectivity index (χ0n) is 14.4. The Balaban J connectivity index is 1.55. The lowest BCUT2D eigenvalue weighted by Crippen LogP contribution is -2.49. The van der Waals surface area contributed by atoms with Crippen molar-refractivity contribution in [3.05, 3.63) is 58.4 Å². The molecule has 2 atom stereocenters. The molecule has 130 valence electrons. The number of aromatic nitrogens is 1. The van der Waals surface area contributed by atoms with Crippen molar-refractivity contribution in [1.82, 2.24) is 15.2 Å². The highest BCUT2D eigenvalue weighted by Crippen LogP contribution is 2.29. The highest BCUT2D eigenvalue weighted by atomic mass is 16.2. The number of H-pyrrole nitrogens is 1. The van der Waals surface area contributed by atoms with Crippen molar-refractivity contribution in [3.8, 4) is 11.3 Å². The number of fused-ring (bicyclic) bond motifs is 2. The third-order valence-corrected chi connectivity index (χ3v) is 5.54. The van der Waals surface area contributed by atoms with Gasteiger partial charge in [-0.05, 0) is 43.4 Å². The summed E-state index contributed by atoms with van der Waals surface area (Å²) in [4.78, 5) is 29.9. The zero-order chi connectivity index (χ0) is 17.4. The van der Waals surface area contributed by atoms with Gasteiger partial charge in [-0.3, -0.25) is 9.59 Å². The third-order valence-electron chi connectivity index (χ3n) is 5.54. The molecule has 0 radical (unpaired) electrons. The van der Waals surface area contributed by atoms with Crippen LogP contribution in [0.25, 0.3) is 11.3 Å². The summed E-state index contributed by atoms with van der Waals surface area (Å²) in [5.41, 5.74) is 1.55. The van der Waals surface area contributed by atoms with Crippen LogP contribution in [0.1, 0.15) is 36.0 Å². The molecule has 0 spiro atoms. The Bertz CT molecular complexity index is 818. The molecule has 1 aromatic heterocycles. The van der Waals surface area contributed by atoms with Crippen molar-refractivity contribution < 1.29 is 4.79 Å². The summed E-state index contributed by atoms with van der Waals surface area (Å²) in [5, 5.41) is 3.58. The molecular formula is C20H23N3O2. The van der Waals surface area contributed by atoms with Gasteiger partial charge in [0.05, 0.1) is 0 Å². The molecule has 0 saturated carbocycles. The lowest BCUT2D eigenvalue weighted by atomic mass is 9.98. The summed E-state index contributed by atoms with van der Waals surface area (Å²) in [6, 6.07) is 14.3. The minimum absolute atomic E-state index is 0.188. The molecule has 5 heteroatoms. The molecule has 4 rings (SSSR count). The molecule has 1 amide bonds. The van der Waals surface area contributed by atoms with Gasteiger partial charge in [-0.15, -0.1) is 0 Å². The van der Waals surface area contributed by atoms with E-state index in [0.717, 1.165) is 24.1 Å². The maximum Gasteiger partial charge on any atom is 0.261 e. The zero-order valence-corrected chi connectivity index (χ0v) is 14.4. The van der Waals surface area contributed by atoms with E-state index in [9.17, 15) is 9.59 Å². The second-order valence-corrected chi connectivity index (χ2v) is 7.16. The first-order valence-electron chi connectivity index (χ1n) is 8.94. The van der Waals surface area contributed by atoms with Crippen molar-refractivity contribution in [3.63, 3.8) is 0 Å². The molecule has 2 aliphatic rings. The Morgan fingerprint density at radius 3 is 2.36 bits per heavy atom. The fraction of sp³-hybridized carbons (Fsp3) is 0.400. The topological polar surface area (TPSA) is 65.2 Å². The average Bonchev–Trinajstić information content (AvgIpc) is 2.99. The smallest absolute Gasteiger partial charge is 0.261 e. The summed E-state index contributed by atoms with van der Waals surface area (Å²) in [5.74, 6) is -0.188. The molecule has 0 aliphatic carbocycles. The van der Waals surface area contributed by atoms with Gasteiger partial charge in [0.2, 0.25) is 0 Å². The fourth-order valence-corrected chi connectivity index (χ4v) is 4.13. The van der Waals surface area contributed by atoms with Crippen LogP contribution in [0.5, 0.6) is 0 Å². The van der Waals surface area contributed by atoms with Crippen molar-refractivity contribution in [2.75, 3.05) is 7.05 Å². The Morgan fingerprint density at radius 2 is 1.72 bits per heavy atom. The van der Waals surface area contributed by atoms with Gasteiger partial charge in [-0.25, -0.2) is 0 Å². The molecule has 2 unspecified atom stereocenters. The van der Waals surface area contributed by atoms with Crippen molar-refractivity contribution in [1.29, 1.82) is 0 Å². The highest BCUT2D eigenvalue weighted by molar-refractivity contribution is 5.94. The number of nitrogens with zero attached hydrogens (tertiary/aromatic N) is 1. The number of rotatable bonds is 3. The second kappa shape index (κ2) is 6.48. The van der Waals surface area contributed by atoms with E-state index in [1.165, 1.54) is 12.8 Å². The van der Waals surface area contributed by atoms with Crippen LogP contribution in [-0.4, -0.2) is 41.0 Å². The minimum atomic E-state index is -0.324. The second-order valence-electron chi connectivity index (χ2n) is 7.16. The molecule has 5 nitrogen and oxygen atoms in total. The number of amides is 1. The Morgan fingerprint density at radius 1 is 1.04 bits per heavy atom. The molecule has 2 aliphatic heterocycles. The number of nitrogens with one attached hydrogen (secondary N) is 2. The van der Waals surface area contributed by atoms with Gasteiger partial charge in [-0.2, -0.15) is 0 Å². The van der Waals surface area contributed by atoms with E-state index in [4.69, 9.17) is 0 Å². The monoisotopic (exact) mass is 337 g/mol. The predicted octanol–water partition coefficient (Wildman–Crippen LogP) is 2.40. The largest absolute Gasteiger partial charge is 0.338 e. The molecule has 2 N–H and O–H groups in total. The van der Waals surface area contributed by atoms with Crippen molar-refractivity contribution in [2.24, 2.45) is 0 Å². The maximum absolute atomic E-state index is 12.8. The molecule has 2 bridgehead atoms. The van der Waals surface area contributed by atoms with E-state index in [1.807, 2.05) is 43.4 Å². The van der Waals surface area contributed by atoms with Crippen molar-refractivity contribution in [2.45, 2.75) is 43.8 Å². The van der Waals surface area contributed by atoms with Gasteiger partial charge in [0.1, 0.15) is 5.56 Å². The van der Waals surface area contributed by atoms with E-state index in [0.29, 0.717) is 12.1 Å². The standard InChI is InChI=1S/C20H23N3O2/c1-23(16-11-14-7-8-15(12-16)21-14)20(25)17-9-10-18(22-19(17)24)13-5-3-2-4-6-13/h2-6,9-10,14-16,21H,7-8,11-12H2,1H3,(H,22,24). The molecule has 3 heterocycles. The van der Waals surface area contributed by atoms with Crippen LogP contribution in [-0.2, 0) is 0 Å². The van der Waals surface area contributed by atoms with Crippen LogP contribution in [0, 0.1) is 0 Å². The van der Waals surface area contributed by atoms with Gasteiger partial charge in [0, 0.05) is 30.9 Å². The van der Waals surface area contributed by atoms with Crippen LogP contribution in [0.3, 0.4) is 0 Å². The normalized spacial score (nSPS) is 24.9. The molecule has 2 fully saturated rings. The molecule has 2 saturated heterocycles. The highest BCUT2D eigenvalue weighted by Gasteiger charge is 2.36. The fourth-order valence-electron chi connectivity index (χ4n) is 4.13. The number of hydrogen-bond acceptors (Lipinski definition) is 3. The number of aromatic amines is 1. The summed E-state index contributed by atoms with van der Waals surface area (Å²) < 4.78 is 0. The van der Waals surface area contributed by atoms with E-state index in [2.05, 4.69) is 10.3 Å². The predicted molar refractivity (Wildman–Crippen MR) is 97.6 cm³/mol. The van der Waals surface area contributed by atoms with Gasteiger partial charge < -0.3 is 15.2 Å². The number of hydrogen-bond donors (Lipinski definition) is 2. The summed E-state index contributed by atoms with van der Waals surface area (Å²) in [6.07, 6.45) is 4.32. The molecule has 1 aromatic carbocycles. The molecular weight excluding hydrogens is 314 g/mol. The Labute approximate surface area is 147 Å². The average molecular weight is 337 g/mol. The maximum atomic E-state index is 12.8. The first kappa shape index (κ1) is 16.1. The number of carbonyl (C=O) groups excluding carboxylic acids is 1. The first-order valence-corrected chi connectivity index (χ1v) is 8.94. The molecule has 2 aromatic rings. The first-order chi connectivity index (χ1) is 12.1. The Hall–Kier alpha value is -2.40. The SMILES string of the molecule is CN(C(=O)c1ccc(-c2ccccc2)[nH]c1=O)C1CC2CCC(C1)N2. The Kier molecular flexibility index (Phi) is 4.17. The third kappa shape index (κ3) is 3.12. The lowest BCUT2D eigenvalue weighted by Gasteiger charge is -2.35. The van der Waals surface area contributed by atoms with E-state index < -0.39 is 0 Å². The van der Waals surface area contributed by atoms with Crippen LogP contribution >= 0.6 is 0 Å².